The molecular weight excluding hydrogens is 276 g/mol. The topological polar surface area (TPSA) is 27.7 Å². The van der Waals surface area contributed by atoms with Crippen molar-refractivity contribution in [1.82, 2.24) is 0 Å². The Hall–Kier alpha value is -2.16. The van der Waals surface area contributed by atoms with Crippen molar-refractivity contribution in [2.45, 2.75) is 37.4 Å². The first-order valence-electron chi connectivity index (χ1n) is 8.17. The SMILES string of the molecule is c1cc2c3c(c1)OC1CCCC4Oc5cccc(c5C3C14)O2. The zero-order chi connectivity index (χ0) is 14.3. The third-order valence-electron chi connectivity index (χ3n) is 5.67. The van der Waals surface area contributed by atoms with Crippen LogP contribution in [-0.2, 0) is 0 Å². The molecule has 0 saturated heterocycles. The highest BCUT2D eigenvalue weighted by Crippen LogP contribution is 2.61. The zero-order valence-corrected chi connectivity index (χ0v) is 12.1. The van der Waals surface area contributed by atoms with Crippen molar-refractivity contribution in [2.24, 2.45) is 5.92 Å². The van der Waals surface area contributed by atoms with E-state index in [2.05, 4.69) is 24.3 Å². The van der Waals surface area contributed by atoms with Crippen LogP contribution in [-0.4, -0.2) is 12.2 Å². The molecule has 0 radical (unpaired) electrons. The van der Waals surface area contributed by atoms with Gasteiger partial charge in [0, 0.05) is 23.0 Å². The lowest BCUT2D eigenvalue weighted by Gasteiger charge is -2.51. The molecule has 1 fully saturated rings. The van der Waals surface area contributed by atoms with Gasteiger partial charge in [-0.05, 0) is 43.5 Å². The highest BCUT2D eigenvalue weighted by Gasteiger charge is 2.53. The Bertz CT molecular complexity index is 734. The van der Waals surface area contributed by atoms with Crippen molar-refractivity contribution in [3.05, 3.63) is 47.5 Å². The Morgan fingerprint density at radius 2 is 1.27 bits per heavy atom. The summed E-state index contributed by atoms with van der Waals surface area (Å²) >= 11 is 0. The third kappa shape index (κ3) is 1.24. The van der Waals surface area contributed by atoms with Gasteiger partial charge in [-0.1, -0.05) is 12.1 Å². The highest BCUT2D eigenvalue weighted by atomic mass is 16.5. The summed E-state index contributed by atoms with van der Waals surface area (Å²) in [6.45, 7) is 0. The van der Waals surface area contributed by atoms with Crippen LogP contribution in [0, 0.1) is 5.92 Å². The minimum absolute atomic E-state index is 0.269. The van der Waals surface area contributed by atoms with E-state index in [1.165, 1.54) is 17.5 Å². The molecule has 0 spiro atoms. The minimum Gasteiger partial charge on any atom is -0.490 e. The first-order chi connectivity index (χ1) is 10.9. The van der Waals surface area contributed by atoms with E-state index < -0.39 is 0 Å². The molecule has 6 rings (SSSR count). The molecule has 2 aromatic rings. The molecule has 1 saturated carbocycles. The van der Waals surface area contributed by atoms with Crippen LogP contribution in [0.15, 0.2) is 36.4 Å². The second-order valence-electron chi connectivity index (χ2n) is 6.74. The van der Waals surface area contributed by atoms with E-state index in [-0.39, 0.29) is 12.2 Å². The second kappa shape index (κ2) is 3.78. The molecule has 0 bridgehead atoms. The van der Waals surface area contributed by atoms with Crippen LogP contribution in [0.3, 0.4) is 0 Å². The standard InChI is InChI=1S/C19H16O3/c1-4-10-16-11(5-1)21-13-7-3-9-15-18(13)19(16)17-12(20-10)6-2-8-14(17)22-15/h1-2,4-6,8,13,15,18-19H,3,7,9H2. The Morgan fingerprint density at radius 3 is 1.86 bits per heavy atom. The van der Waals surface area contributed by atoms with Crippen LogP contribution in [0.5, 0.6) is 23.0 Å². The molecule has 2 atom stereocenters. The summed E-state index contributed by atoms with van der Waals surface area (Å²) in [6, 6.07) is 12.4. The Kier molecular flexibility index (Phi) is 1.96. The van der Waals surface area contributed by atoms with E-state index >= 15 is 0 Å². The van der Waals surface area contributed by atoms with E-state index in [0.717, 1.165) is 35.8 Å². The molecule has 2 unspecified atom stereocenters. The fraction of sp³-hybridized carbons (Fsp3) is 0.368. The smallest absolute Gasteiger partial charge is 0.134 e. The molecule has 3 aliphatic heterocycles. The molecule has 3 nitrogen and oxygen atoms in total. The van der Waals surface area contributed by atoms with Gasteiger partial charge in [-0.2, -0.15) is 0 Å². The number of rotatable bonds is 0. The molecule has 2 aromatic carbocycles. The van der Waals surface area contributed by atoms with Crippen molar-refractivity contribution in [2.75, 3.05) is 0 Å². The fourth-order valence-electron chi connectivity index (χ4n) is 4.87. The molecule has 22 heavy (non-hydrogen) atoms. The monoisotopic (exact) mass is 292 g/mol. The molecule has 0 aromatic heterocycles. The first kappa shape index (κ1) is 11.4. The van der Waals surface area contributed by atoms with E-state index in [9.17, 15) is 0 Å². The average molecular weight is 292 g/mol. The lowest BCUT2D eigenvalue weighted by atomic mass is 9.66. The van der Waals surface area contributed by atoms with Gasteiger partial charge in [0.15, 0.2) is 0 Å². The maximum atomic E-state index is 6.34. The lowest BCUT2D eigenvalue weighted by Crippen LogP contribution is -2.51. The van der Waals surface area contributed by atoms with Crippen LogP contribution in [0.4, 0.5) is 0 Å². The van der Waals surface area contributed by atoms with Crippen LogP contribution >= 0.6 is 0 Å². The summed E-state index contributed by atoms with van der Waals surface area (Å²) in [5.41, 5.74) is 2.47. The summed E-state index contributed by atoms with van der Waals surface area (Å²) in [7, 11) is 0. The maximum Gasteiger partial charge on any atom is 0.134 e. The summed E-state index contributed by atoms with van der Waals surface area (Å²) in [5.74, 6) is 4.70. The quantitative estimate of drug-likeness (QED) is 0.726. The number of benzene rings is 2. The van der Waals surface area contributed by atoms with Gasteiger partial charge < -0.3 is 14.2 Å². The lowest BCUT2D eigenvalue weighted by molar-refractivity contribution is -0.0328. The number of hydrogen-bond donors (Lipinski definition) is 0. The summed E-state index contributed by atoms with van der Waals surface area (Å²) in [6.07, 6.45) is 3.97. The predicted octanol–water partition coefficient (Wildman–Crippen LogP) is 4.25. The molecule has 110 valence electrons. The molecule has 3 heterocycles. The molecule has 0 amide bonds. The maximum absolute atomic E-state index is 6.34. The van der Waals surface area contributed by atoms with Crippen molar-refractivity contribution in [3.63, 3.8) is 0 Å². The molecule has 1 aliphatic carbocycles. The van der Waals surface area contributed by atoms with Crippen LogP contribution in [0.1, 0.15) is 36.3 Å². The molecule has 0 N–H and O–H groups in total. The van der Waals surface area contributed by atoms with Gasteiger partial charge in [0.1, 0.15) is 35.2 Å². The van der Waals surface area contributed by atoms with Crippen molar-refractivity contribution >= 4 is 0 Å². The van der Waals surface area contributed by atoms with Crippen molar-refractivity contribution in [3.8, 4) is 23.0 Å². The van der Waals surface area contributed by atoms with Crippen LogP contribution in [0.25, 0.3) is 0 Å². The van der Waals surface area contributed by atoms with E-state index in [4.69, 9.17) is 14.2 Å². The summed E-state index contributed by atoms with van der Waals surface area (Å²) in [5, 5.41) is 0. The second-order valence-corrected chi connectivity index (χ2v) is 6.74. The molecular formula is C19H16O3. The Morgan fingerprint density at radius 1 is 0.727 bits per heavy atom. The average Bonchev–Trinajstić information content (AvgIpc) is 2.55. The largest absolute Gasteiger partial charge is 0.490 e. The number of ether oxygens (including phenoxy) is 3. The van der Waals surface area contributed by atoms with Crippen molar-refractivity contribution in [1.29, 1.82) is 0 Å². The van der Waals surface area contributed by atoms with E-state index in [1.54, 1.807) is 0 Å². The summed E-state index contributed by atoms with van der Waals surface area (Å²) < 4.78 is 18.8. The Balaban J connectivity index is 1.70. The molecule has 4 aliphatic rings. The predicted molar refractivity (Wildman–Crippen MR) is 81.0 cm³/mol. The van der Waals surface area contributed by atoms with Crippen LogP contribution < -0.4 is 14.2 Å². The van der Waals surface area contributed by atoms with E-state index in [0.29, 0.717) is 11.8 Å². The first-order valence-corrected chi connectivity index (χ1v) is 8.17. The van der Waals surface area contributed by atoms with Crippen LogP contribution in [0.2, 0.25) is 0 Å². The number of hydrogen-bond acceptors (Lipinski definition) is 3. The normalized spacial score (nSPS) is 32.2. The van der Waals surface area contributed by atoms with Gasteiger partial charge >= 0.3 is 0 Å². The van der Waals surface area contributed by atoms with E-state index in [1.807, 2.05) is 12.1 Å². The van der Waals surface area contributed by atoms with Gasteiger partial charge in [-0.3, -0.25) is 0 Å². The van der Waals surface area contributed by atoms with Gasteiger partial charge in [0.2, 0.25) is 0 Å². The van der Waals surface area contributed by atoms with Gasteiger partial charge in [-0.15, -0.1) is 0 Å². The Labute approximate surface area is 128 Å². The summed E-state index contributed by atoms with van der Waals surface area (Å²) in [4.78, 5) is 0. The minimum atomic E-state index is 0.269. The fourth-order valence-corrected chi connectivity index (χ4v) is 4.87. The highest BCUT2D eigenvalue weighted by molar-refractivity contribution is 5.64. The van der Waals surface area contributed by atoms with Gasteiger partial charge in [-0.25, -0.2) is 0 Å². The molecule has 3 heteroatoms. The zero-order valence-electron chi connectivity index (χ0n) is 12.1. The third-order valence-corrected chi connectivity index (χ3v) is 5.67. The van der Waals surface area contributed by atoms with Crippen molar-refractivity contribution < 1.29 is 14.2 Å². The van der Waals surface area contributed by atoms with Gasteiger partial charge in [0.05, 0.1) is 0 Å². The van der Waals surface area contributed by atoms with Gasteiger partial charge in [0.25, 0.3) is 0 Å².